The maximum Gasteiger partial charge on any atom is 0.0434 e. The van der Waals surface area contributed by atoms with Crippen LogP contribution in [0.4, 0.5) is 0 Å². The molecule has 0 unspecified atom stereocenters. The van der Waals surface area contributed by atoms with Gasteiger partial charge in [-0.1, -0.05) is 12.7 Å². The molecule has 2 heterocycles. The first-order chi connectivity index (χ1) is 6.90. The van der Waals surface area contributed by atoms with Gasteiger partial charge >= 0.3 is 0 Å². The van der Waals surface area contributed by atoms with Crippen LogP contribution >= 0.6 is 22.7 Å². The molecular weight excluding hydrogens is 208 g/mol. The van der Waals surface area contributed by atoms with Gasteiger partial charge in [-0.3, -0.25) is 0 Å². The first-order valence-corrected chi connectivity index (χ1v) is 6.00. The van der Waals surface area contributed by atoms with Crippen molar-refractivity contribution in [1.82, 2.24) is 0 Å². The Morgan fingerprint density at radius 3 is 2.93 bits per heavy atom. The third-order valence-corrected chi connectivity index (χ3v) is 4.06. The Hall–Kier alpha value is -1.12. The number of hydrogen-bond donors (Lipinski definition) is 0. The molecule has 14 heavy (non-hydrogen) atoms. The van der Waals surface area contributed by atoms with Crippen LogP contribution in [0.3, 0.4) is 0 Å². The van der Waals surface area contributed by atoms with Gasteiger partial charge in [-0.25, -0.2) is 0 Å². The van der Waals surface area contributed by atoms with Crippen molar-refractivity contribution in [2.75, 3.05) is 0 Å². The monoisotopic (exact) mass is 214 g/mol. The van der Waals surface area contributed by atoms with Gasteiger partial charge in [-0.05, 0) is 22.9 Å². The lowest BCUT2D eigenvalue weighted by Crippen LogP contribution is -1.74. The lowest BCUT2D eigenvalue weighted by molar-refractivity contribution is 1.95. The van der Waals surface area contributed by atoms with Crippen molar-refractivity contribution >= 4 is 48.9 Å². The zero-order valence-corrected chi connectivity index (χ0v) is 8.91. The summed E-state index contributed by atoms with van der Waals surface area (Å²) in [6.45, 7) is 5.67. The van der Waals surface area contributed by atoms with Gasteiger partial charge in [0.25, 0.3) is 0 Å². The third-order valence-electron chi connectivity index (χ3n) is 2.28. The van der Waals surface area contributed by atoms with Crippen LogP contribution in [-0.2, 0) is 0 Å². The molecular formula is C12H6S2. The second-order valence-corrected chi connectivity index (χ2v) is 4.86. The fraction of sp³-hybridized carbons (Fsp3) is 0. The molecule has 0 amide bonds. The smallest absolute Gasteiger partial charge is 0.0434 e. The predicted molar refractivity (Wildman–Crippen MR) is 64.8 cm³/mol. The summed E-state index contributed by atoms with van der Waals surface area (Å²) >= 11 is 3.43. The summed E-state index contributed by atoms with van der Waals surface area (Å²) in [6.07, 6.45) is 1.70. The van der Waals surface area contributed by atoms with Gasteiger partial charge in [-0.15, -0.1) is 22.7 Å². The highest BCUT2D eigenvalue weighted by Crippen LogP contribution is 2.34. The summed E-state index contributed by atoms with van der Waals surface area (Å²) in [4.78, 5) is 0. The fourth-order valence-corrected chi connectivity index (χ4v) is 3.35. The van der Waals surface area contributed by atoms with Gasteiger partial charge in [0.05, 0.1) is 0 Å². The van der Waals surface area contributed by atoms with E-state index in [0.717, 1.165) is 5.56 Å². The van der Waals surface area contributed by atoms with Gasteiger partial charge in [0.1, 0.15) is 0 Å². The minimum atomic E-state index is 1.14. The van der Waals surface area contributed by atoms with Crippen LogP contribution in [0.1, 0.15) is 5.56 Å². The first kappa shape index (κ1) is 8.21. The average molecular weight is 214 g/mol. The third kappa shape index (κ3) is 0.982. The van der Waals surface area contributed by atoms with Crippen LogP contribution < -0.4 is 0 Å². The fourth-order valence-electron chi connectivity index (χ4n) is 1.64. The van der Waals surface area contributed by atoms with Crippen molar-refractivity contribution in [2.24, 2.45) is 0 Å². The molecule has 3 rings (SSSR count). The molecule has 0 saturated carbocycles. The quantitative estimate of drug-likeness (QED) is 0.564. The number of fused-ring (bicyclic) bond motifs is 2. The Morgan fingerprint density at radius 2 is 2.07 bits per heavy atom. The molecule has 1 aromatic carbocycles. The first-order valence-electron chi connectivity index (χ1n) is 4.25. The second kappa shape index (κ2) is 2.94. The number of hydrogen-bond acceptors (Lipinski definition) is 2. The molecule has 0 aliphatic heterocycles. The van der Waals surface area contributed by atoms with Crippen LogP contribution in [0.2, 0.25) is 0 Å². The normalized spacial score (nSPS) is 11.1. The van der Waals surface area contributed by atoms with E-state index in [1.165, 1.54) is 20.2 Å². The molecule has 3 aromatic rings. The molecule has 0 bridgehead atoms. The molecule has 0 nitrogen and oxygen atoms in total. The minimum Gasteiger partial charge on any atom is -0.143 e. The lowest BCUT2D eigenvalue weighted by atomic mass is 10.1. The van der Waals surface area contributed by atoms with Gasteiger partial charge in [0.2, 0.25) is 0 Å². The highest BCUT2D eigenvalue weighted by Gasteiger charge is 2.06. The van der Waals surface area contributed by atoms with Gasteiger partial charge < -0.3 is 0 Å². The summed E-state index contributed by atoms with van der Waals surface area (Å²) in [5.74, 6) is 0. The Bertz CT molecular complexity index is 565. The van der Waals surface area contributed by atoms with E-state index >= 15 is 0 Å². The van der Waals surface area contributed by atoms with E-state index in [0.29, 0.717) is 0 Å². The summed E-state index contributed by atoms with van der Waals surface area (Å²) in [5.41, 5.74) is 1.14. The maximum absolute atomic E-state index is 5.67. The van der Waals surface area contributed by atoms with Crippen LogP contribution in [-0.4, -0.2) is 0 Å². The van der Waals surface area contributed by atoms with Crippen molar-refractivity contribution < 1.29 is 0 Å². The summed E-state index contributed by atoms with van der Waals surface area (Å²) in [6, 6.07) is 7.59. The standard InChI is InChI=1S/C12H6S2/c1-2-9-10-4-6-13-11(10)7-8-3-5-14-12(8)9/h1-6H. The summed E-state index contributed by atoms with van der Waals surface area (Å²) in [5, 5.41) is 6.55. The van der Waals surface area contributed by atoms with Crippen LogP contribution in [0, 0.1) is 12.6 Å². The van der Waals surface area contributed by atoms with Crippen molar-refractivity contribution in [2.45, 2.75) is 0 Å². The Balaban J connectivity index is 2.66. The number of benzene rings is 1. The van der Waals surface area contributed by atoms with Crippen LogP contribution in [0.15, 0.2) is 22.9 Å². The Labute approximate surface area is 90.1 Å². The van der Waals surface area contributed by atoms with Crippen LogP contribution in [0.25, 0.3) is 26.2 Å². The lowest BCUT2D eigenvalue weighted by Gasteiger charge is -1.98. The van der Waals surface area contributed by atoms with E-state index in [1.54, 1.807) is 28.7 Å². The van der Waals surface area contributed by atoms with E-state index in [9.17, 15) is 0 Å². The number of thiophene rings is 2. The molecule has 66 valence electrons. The highest BCUT2D eigenvalue weighted by molar-refractivity contribution is 7.19. The Morgan fingerprint density at radius 1 is 1.21 bits per heavy atom. The molecule has 0 fully saturated rings. The van der Waals surface area contributed by atoms with E-state index in [2.05, 4.69) is 29.0 Å². The SMILES string of the molecule is [CH]=Cc1c2ccsc2[c]c2ccsc12. The van der Waals surface area contributed by atoms with E-state index in [4.69, 9.17) is 6.58 Å². The number of rotatable bonds is 1. The van der Waals surface area contributed by atoms with E-state index < -0.39 is 0 Å². The molecule has 2 heteroatoms. The zero-order valence-electron chi connectivity index (χ0n) is 7.28. The second-order valence-electron chi connectivity index (χ2n) is 3.03. The molecule has 0 spiro atoms. The van der Waals surface area contributed by atoms with Gasteiger partial charge in [0.15, 0.2) is 0 Å². The molecule has 0 atom stereocenters. The Kier molecular flexibility index (Phi) is 1.72. The average Bonchev–Trinajstić information content (AvgIpc) is 2.80. The van der Waals surface area contributed by atoms with Crippen LogP contribution in [0.5, 0.6) is 0 Å². The largest absolute Gasteiger partial charge is 0.143 e. The molecule has 0 saturated heterocycles. The molecule has 0 N–H and O–H groups in total. The van der Waals surface area contributed by atoms with E-state index in [1.807, 2.05) is 0 Å². The topological polar surface area (TPSA) is 0 Å². The van der Waals surface area contributed by atoms with E-state index in [-0.39, 0.29) is 0 Å². The molecule has 0 aliphatic rings. The zero-order chi connectivity index (χ0) is 9.54. The molecule has 2 radical (unpaired) electrons. The highest BCUT2D eigenvalue weighted by atomic mass is 32.1. The predicted octanol–water partition coefficient (Wildman–Crippen LogP) is 4.36. The summed E-state index contributed by atoms with van der Waals surface area (Å²) in [7, 11) is 0. The van der Waals surface area contributed by atoms with Crippen molar-refractivity contribution in [3.8, 4) is 0 Å². The molecule has 0 aliphatic carbocycles. The van der Waals surface area contributed by atoms with Crippen molar-refractivity contribution in [1.29, 1.82) is 0 Å². The minimum absolute atomic E-state index is 1.14. The van der Waals surface area contributed by atoms with Crippen molar-refractivity contribution in [3.63, 3.8) is 0 Å². The maximum atomic E-state index is 5.67. The molecule has 2 aromatic heterocycles. The van der Waals surface area contributed by atoms with Gasteiger partial charge in [-0.2, -0.15) is 0 Å². The van der Waals surface area contributed by atoms with Gasteiger partial charge in [0, 0.05) is 31.8 Å². The summed E-state index contributed by atoms with van der Waals surface area (Å²) < 4.78 is 2.42. The van der Waals surface area contributed by atoms with Crippen molar-refractivity contribution in [3.05, 3.63) is 41.1 Å².